The van der Waals surface area contributed by atoms with Gasteiger partial charge in [0.15, 0.2) is 12.0 Å². The summed E-state index contributed by atoms with van der Waals surface area (Å²) in [6.45, 7) is 1.97. The highest BCUT2D eigenvalue weighted by molar-refractivity contribution is 5.89. The minimum atomic E-state index is -0.620. The first kappa shape index (κ1) is 10.1. The van der Waals surface area contributed by atoms with Gasteiger partial charge in [-0.1, -0.05) is 5.92 Å². The van der Waals surface area contributed by atoms with Crippen molar-refractivity contribution in [2.45, 2.75) is 6.92 Å². The summed E-state index contributed by atoms with van der Waals surface area (Å²) < 4.78 is 9.37. The number of carbonyl (C=O) groups excluding carboxylic acids is 2. The Labute approximate surface area is 80.9 Å². The lowest BCUT2D eigenvalue weighted by Gasteiger charge is -1.90. The van der Waals surface area contributed by atoms with Gasteiger partial charge in [0.25, 0.3) is 0 Å². The summed E-state index contributed by atoms with van der Waals surface area (Å²) in [5.41, 5.74) is 0.382. The second-order valence-electron chi connectivity index (χ2n) is 2.29. The number of ether oxygens (including phenoxy) is 1. The molecule has 0 radical (unpaired) electrons. The standard InChI is InChI=1S/C10H8O4/c1-2-13-10(12)4-3-8-5-6-14-9(8)7-11/h5-7H,2H2,1H3. The number of rotatable bonds is 2. The molecule has 72 valence electrons. The molecular weight excluding hydrogens is 184 g/mol. The third-order valence-electron chi connectivity index (χ3n) is 1.38. The Hall–Kier alpha value is -2.02. The lowest BCUT2D eigenvalue weighted by atomic mass is 10.2. The summed E-state index contributed by atoms with van der Waals surface area (Å²) in [6.07, 6.45) is 1.87. The van der Waals surface area contributed by atoms with Crippen LogP contribution >= 0.6 is 0 Å². The van der Waals surface area contributed by atoms with Crippen molar-refractivity contribution in [3.05, 3.63) is 23.7 Å². The van der Waals surface area contributed by atoms with Crippen molar-refractivity contribution in [2.24, 2.45) is 0 Å². The number of aldehydes is 1. The average molecular weight is 192 g/mol. The minimum Gasteiger partial charge on any atom is -0.460 e. The van der Waals surface area contributed by atoms with Gasteiger partial charge in [-0.05, 0) is 13.0 Å². The van der Waals surface area contributed by atoms with Gasteiger partial charge in [-0.3, -0.25) is 4.79 Å². The van der Waals surface area contributed by atoms with Crippen LogP contribution in [0.15, 0.2) is 16.7 Å². The molecule has 0 N–H and O–H groups in total. The molecule has 1 rings (SSSR count). The Morgan fingerprint density at radius 3 is 3.14 bits per heavy atom. The summed E-state index contributed by atoms with van der Waals surface area (Å²) in [6, 6.07) is 1.51. The van der Waals surface area contributed by atoms with Crippen LogP contribution in [0, 0.1) is 11.8 Å². The van der Waals surface area contributed by atoms with E-state index in [-0.39, 0.29) is 12.4 Å². The molecule has 0 saturated heterocycles. The van der Waals surface area contributed by atoms with Crippen LogP contribution < -0.4 is 0 Å². The van der Waals surface area contributed by atoms with E-state index in [0.29, 0.717) is 11.8 Å². The highest BCUT2D eigenvalue weighted by Gasteiger charge is 2.01. The van der Waals surface area contributed by atoms with Crippen molar-refractivity contribution in [1.29, 1.82) is 0 Å². The van der Waals surface area contributed by atoms with Gasteiger partial charge in [-0.2, -0.15) is 0 Å². The third-order valence-corrected chi connectivity index (χ3v) is 1.38. The molecule has 0 aromatic carbocycles. The van der Waals surface area contributed by atoms with Gasteiger partial charge < -0.3 is 9.15 Å². The molecule has 0 unspecified atom stereocenters. The minimum absolute atomic E-state index is 0.113. The molecule has 0 aliphatic rings. The largest absolute Gasteiger partial charge is 0.460 e. The summed E-state index contributed by atoms with van der Waals surface area (Å²) in [5, 5.41) is 0. The van der Waals surface area contributed by atoms with Crippen molar-refractivity contribution in [2.75, 3.05) is 6.61 Å². The first-order valence-corrected chi connectivity index (χ1v) is 3.99. The maximum absolute atomic E-state index is 10.8. The number of carbonyl (C=O) groups is 2. The quantitative estimate of drug-likeness (QED) is 0.398. The van der Waals surface area contributed by atoms with E-state index in [1.807, 2.05) is 0 Å². The molecule has 0 aliphatic heterocycles. The lowest BCUT2D eigenvalue weighted by Crippen LogP contribution is -1.99. The molecule has 0 bridgehead atoms. The molecule has 1 heterocycles. The Kier molecular flexibility index (Phi) is 3.50. The van der Waals surface area contributed by atoms with Gasteiger partial charge in [0.05, 0.1) is 18.4 Å². The maximum atomic E-state index is 10.8. The van der Waals surface area contributed by atoms with E-state index < -0.39 is 5.97 Å². The summed E-state index contributed by atoms with van der Waals surface area (Å²) in [4.78, 5) is 21.2. The van der Waals surface area contributed by atoms with Crippen molar-refractivity contribution in [1.82, 2.24) is 0 Å². The maximum Gasteiger partial charge on any atom is 0.384 e. The second-order valence-corrected chi connectivity index (χ2v) is 2.29. The molecule has 1 aromatic heterocycles. The SMILES string of the molecule is CCOC(=O)C#Cc1ccoc1C=O. The van der Waals surface area contributed by atoms with Crippen LogP contribution in [0.3, 0.4) is 0 Å². The number of hydrogen-bond donors (Lipinski definition) is 0. The molecule has 0 atom stereocenters. The van der Waals surface area contributed by atoms with Gasteiger partial charge in [-0.15, -0.1) is 0 Å². The zero-order chi connectivity index (χ0) is 10.4. The highest BCUT2D eigenvalue weighted by Crippen LogP contribution is 2.05. The Morgan fingerprint density at radius 2 is 2.50 bits per heavy atom. The van der Waals surface area contributed by atoms with Crippen molar-refractivity contribution in [3.8, 4) is 11.8 Å². The van der Waals surface area contributed by atoms with E-state index in [2.05, 4.69) is 16.6 Å². The van der Waals surface area contributed by atoms with E-state index in [4.69, 9.17) is 4.42 Å². The van der Waals surface area contributed by atoms with E-state index in [9.17, 15) is 9.59 Å². The van der Waals surface area contributed by atoms with Crippen LogP contribution in [0.1, 0.15) is 23.0 Å². The Balaban J connectivity index is 2.76. The Bertz CT molecular complexity index is 392. The van der Waals surface area contributed by atoms with E-state index >= 15 is 0 Å². The zero-order valence-corrected chi connectivity index (χ0v) is 7.57. The first-order chi connectivity index (χ1) is 6.77. The summed E-state index contributed by atoms with van der Waals surface area (Å²) in [7, 11) is 0. The second kappa shape index (κ2) is 4.87. The summed E-state index contributed by atoms with van der Waals surface area (Å²) >= 11 is 0. The van der Waals surface area contributed by atoms with E-state index in [0.717, 1.165) is 0 Å². The third kappa shape index (κ3) is 2.49. The van der Waals surface area contributed by atoms with Crippen molar-refractivity contribution < 1.29 is 18.7 Å². The smallest absolute Gasteiger partial charge is 0.384 e. The van der Waals surface area contributed by atoms with Gasteiger partial charge in [0.1, 0.15) is 0 Å². The number of furan rings is 1. The van der Waals surface area contributed by atoms with Crippen molar-refractivity contribution >= 4 is 12.3 Å². The van der Waals surface area contributed by atoms with Crippen LogP contribution in [0.2, 0.25) is 0 Å². The molecule has 0 fully saturated rings. The molecule has 0 aliphatic carbocycles. The van der Waals surface area contributed by atoms with Crippen LogP contribution in [0.25, 0.3) is 0 Å². The van der Waals surface area contributed by atoms with E-state index in [1.165, 1.54) is 12.3 Å². The Morgan fingerprint density at radius 1 is 1.71 bits per heavy atom. The molecule has 0 spiro atoms. The average Bonchev–Trinajstić information content (AvgIpc) is 2.62. The fourth-order valence-electron chi connectivity index (χ4n) is 0.801. The van der Waals surface area contributed by atoms with Gasteiger partial charge >= 0.3 is 5.97 Å². The van der Waals surface area contributed by atoms with Crippen LogP contribution in [0.5, 0.6) is 0 Å². The molecular formula is C10H8O4. The molecule has 14 heavy (non-hydrogen) atoms. The summed E-state index contributed by atoms with van der Waals surface area (Å²) in [5.74, 6) is 4.20. The predicted molar refractivity (Wildman–Crippen MR) is 47.6 cm³/mol. The number of esters is 1. The molecule has 0 saturated carbocycles. The van der Waals surface area contributed by atoms with Crippen LogP contribution in [-0.2, 0) is 9.53 Å². The normalized spacial score (nSPS) is 8.64. The monoisotopic (exact) mass is 192 g/mol. The molecule has 0 amide bonds. The highest BCUT2D eigenvalue weighted by atomic mass is 16.5. The molecule has 4 nitrogen and oxygen atoms in total. The number of hydrogen-bond acceptors (Lipinski definition) is 4. The fraction of sp³-hybridized carbons (Fsp3) is 0.200. The van der Waals surface area contributed by atoms with Crippen molar-refractivity contribution in [3.63, 3.8) is 0 Å². The van der Waals surface area contributed by atoms with Crippen LogP contribution in [0.4, 0.5) is 0 Å². The zero-order valence-electron chi connectivity index (χ0n) is 7.57. The lowest BCUT2D eigenvalue weighted by molar-refractivity contribution is -0.136. The first-order valence-electron chi connectivity index (χ1n) is 3.99. The topological polar surface area (TPSA) is 56.5 Å². The van der Waals surface area contributed by atoms with E-state index in [1.54, 1.807) is 6.92 Å². The molecule has 4 heteroatoms. The van der Waals surface area contributed by atoms with Gasteiger partial charge in [0, 0.05) is 5.92 Å². The molecule has 1 aromatic rings. The van der Waals surface area contributed by atoms with Crippen LogP contribution in [-0.4, -0.2) is 18.9 Å². The fourth-order valence-corrected chi connectivity index (χ4v) is 0.801. The predicted octanol–water partition coefficient (Wildman–Crippen LogP) is 1.01. The van der Waals surface area contributed by atoms with Gasteiger partial charge in [0.2, 0.25) is 0 Å². The van der Waals surface area contributed by atoms with Gasteiger partial charge in [-0.25, -0.2) is 4.79 Å².